The van der Waals surface area contributed by atoms with E-state index in [1.807, 2.05) is 30.3 Å². The third kappa shape index (κ3) is 5.56. The summed E-state index contributed by atoms with van der Waals surface area (Å²) in [7, 11) is 1.41. The van der Waals surface area contributed by atoms with E-state index in [9.17, 15) is 9.18 Å². The minimum atomic E-state index is -0.258. The third-order valence-electron chi connectivity index (χ3n) is 6.12. The van der Waals surface area contributed by atoms with Crippen LogP contribution in [0, 0.1) is 5.82 Å². The molecule has 0 atom stereocenters. The first-order chi connectivity index (χ1) is 15.6. The van der Waals surface area contributed by atoms with Gasteiger partial charge in [0.1, 0.15) is 18.2 Å². The van der Waals surface area contributed by atoms with Crippen LogP contribution in [0.25, 0.3) is 11.1 Å². The van der Waals surface area contributed by atoms with Crippen LogP contribution in [0.1, 0.15) is 47.9 Å². The van der Waals surface area contributed by atoms with Crippen LogP contribution in [0.3, 0.4) is 0 Å². The summed E-state index contributed by atoms with van der Waals surface area (Å²) in [5, 5.41) is 0. The van der Waals surface area contributed by atoms with Crippen LogP contribution < -0.4 is 4.74 Å². The van der Waals surface area contributed by atoms with Gasteiger partial charge < -0.3 is 9.47 Å². The maximum absolute atomic E-state index is 14.0. The average Bonchev–Trinajstić information content (AvgIpc) is 2.83. The molecular formula is C28H29FO3. The lowest BCUT2D eigenvalue weighted by molar-refractivity contribution is -0.140. The lowest BCUT2D eigenvalue weighted by Gasteiger charge is -2.18. The standard InChI is InChI=1S/C28H29FO3/c1-31-28(30)8-4-5-20-9-14-26(15-10-20)32-19-24-18-25(29)13-16-27(24)23-12-11-21-6-2-3-7-22(21)17-23/h9-18H,2-8,19H2,1H3. The first-order valence-corrected chi connectivity index (χ1v) is 11.3. The fraction of sp³-hybridized carbons (Fsp3) is 0.321. The zero-order chi connectivity index (χ0) is 22.3. The number of hydrogen-bond donors (Lipinski definition) is 0. The molecule has 3 nitrogen and oxygen atoms in total. The number of rotatable bonds is 8. The SMILES string of the molecule is COC(=O)CCCc1ccc(OCc2cc(F)ccc2-c2ccc3c(c2)CCCC3)cc1. The summed E-state index contributed by atoms with van der Waals surface area (Å²) < 4.78 is 24.7. The monoisotopic (exact) mass is 432 g/mol. The van der Waals surface area contributed by atoms with Gasteiger partial charge in [0.25, 0.3) is 0 Å². The molecule has 0 saturated carbocycles. The van der Waals surface area contributed by atoms with Crippen molar-refractivity contribution < 1.29 is 18.7 Å². The van der Waals surface area contributed by atoms with Crippen molar-refractivity contribution in [2.75, 3.05) is 7.11 Å². The number of ether oxygens (including phenoxy) is 2. The lowest BCUT2D eigenvalue weighted by atomic mass is 9.88. The van der Waals surface area contributed by atoms with Gasteiger partial charge in [0.15, 0.2) is 0 Å². The van der Waals surface area contributed by atoms with Crippen LogP contribution in [0.15, 0.2) is 60.7 Å². The van der Waals surface area contributed by atoms with Crippen molar-refractivity contribution in [3.8, 4) is 16.9 Å². The molecule has 3 aromatic carbocycles. The van der Waals surface area contributed by atoms with E-state index in [0.29, 0.717) is 13.0 Å². The summed E-state index contributed by atoms with van der Waals surface area (Å²) in [6.07, 6.45) is 6.72. The van der Waals surface area contributed by atoms with Crippen LogP contribution >= 0.6 is 0 Å². The maximum atomic E-state index is 14.0. The molecule has 1 aliphatic carbocycles. The second kappa shape index (κ2) is 10.4. The molecule has 0 bridgehead atoms. The largest absolute Gasteiger partial charge is 0.489 e. The molecule has 0 saturated heterocycles. The zero-order valence-corrected chi connectivity index (χ0v) is 18.5. The molecule has 0 N–H and O–H groups in total. The van der Waals surface area contributed by atoms with Crippen LogP contribution in [-0.2, 0) is 35.4 Å². The molecule has 0 heterocycles. The van der Waals surface area contributed by atoms with Gasteiger partial charge in [0.2, 0.25) is 0 Å². The third-order valence-corrected chi connectivity index (χ3v) is 6.12. The Bertz CT molecular complexity index is 1070. The number of carbonyl (C=O) groups is 1. The Morgan fingerprint density at radius 1 is 0.938 bits per heavy atom. The van der Waals surface area contributed by atoms with Gasteiger partial charge in [-0.3, -0.25) is 4.79 Å². The van der Waals surface area contributed by atoms with Crippen LogP contribution in [0.2, 0.25) is 0 Å². The first-order valence-electron chi connectivity index (χ1n) is 11.3. The molecule has 0 aromatic heterocycles. The summed E-state index contributed by atoms with van der Waals surface area (Å²) in [4.78, 5) is 11.2. The van der Waals surface area contributed by atoms with Crippen molar-refractivity contribution in [1.29, 1.82) is 0 Å². The second-order valence-corrected chi connectivity index (χ2v) is 8.35. The van der Waals surface area contributed by atoms with Crippen molar-refractivity contribution in [2.24, 2.45) is 0 Å². The minimum absolute atomic E-state index is 0.185. The van der Waals surface area contributed by atoms with E-state index < -0.39 is 0 Å². The van der Waals surface area contributed by atoms with E-state index in [1.165, 1.54) is 37.1 Å². The lowest BCUT2D eigenvalue weighted by Crippen LogP contribution is -2.03. The predicted octanol–water partition coefficient (Wildman–Crippen LogP) is 6.45. The molecule has 0 radical (unpaired) electrons. The van der Waals surface area contributed by atoms with Crippen molar-refractivity contribution in [2.45, 2.75) is 51.6 Å². The summed E-state index contributed by atoms with van der Waals surface area (Å²) in [5.74, 6) is 0.295. The summed E-state index contributed by atoms with van der Waals surface area (Å²) in [6, 6.07) is 19.4. The van der Waals surface area contributed by atoms with Crippen molar-refractivity contribution in [3.05, 3.63) is 88.7 Å². The number of benzene rings is 3. The number of aryl methyl sites for hydroxylation is 3. The van der Waals surface area contributed by atoms with Gasteiger partial charge >= 0.3 is 5.97 Å². The van der Waals surface area contributed by atoms with Crippen LogP contribution in [0.5, 0.6) is 5.75 Å². The van der Waals surface area contributed by atoms with Gasteiger partial charge in [0.05, 0.1) is 7.11 Å². The highest BCUT2D eigenvalue weighted by molar-refractivity contribution is 5.69. The average molecular weight is 433 g/mol. The fourth-order valence-corrected chi connectivity index (χ4v) is 4.32. The Labute approximate surface area is 189 Å². The van der Waals surface area contributed by atoms with E-state index >= 15 is 0 Å². The number of carbonyl (C=O) groups excluding carboxylic acids is 1. The molecular weight excluding hydrogens is 403 g/mol. The maximum Gasteiger partial charge on any atom is 0.305 e. The molecule has 0 amide bonds. The molecule has 1 aliphatic rings. The summed E-state index contributed by atoms with van der Waals surface area (Å²) in [6.45, 7) is 0.297. The molecule has 0 spiro atoms. The fourth-order valence-electron chi connectivity index (χ4n) is 4.32. The van der Waals surface area contributed by atoms with Gasteiger partial charge in [-0.15, -0.1) is 0 Å². The minimum Gasteiger partial charge on any atom is -0.489 e. The second-order valence-electron chi connectivity index (χ2n) is 8.35. The molecule has 166 valence electrons. The van der Waals surface area contributed by atoms with E-state index in [0.717, 1.165) is 53.7 Å². The van der Waals surface area contributed by atoms with Crippen LogP contribution in [0.4, 0.5) is 4.39 Å². The van der Waals surface area contributed by atoms with Gasteiger partial charge in [-0.05, 0) is 96.2 Å². The Kier molecular flexibility index (Phi) is 7.21. The van der Waals surface area contributed by atoms with Gasteiger partial charge in [0, 0.05) is 6.42 Å². The van der Waals surface area contributed by atoms with E-state index in [2.05, 4.69) is 22.9 Å². The highest BCUT2D eigenvalue weighted by atomic mass is 19.1. The molecule has 4 heteroatoms. The molecule has 0 unspecified atom stereocenters. The van der Waals surface area contributed by atoms with Gasteiger partial charge in [-0.25, -0.2) is 4.39 Å². The summed E-state index contributed by atoms with van der Waals surface area (Å²) in [5.41, 5.74) is 6.95. The zero-order valence-electron chi connectivity index (χ0n) is 18.5. The number of hydrogen-bond acceptors (Lipinski definition) is 3. The smallest absolute Gasteiger partial charge is 0.305 e. The first kappa shape index (κ1) is 22.1. The highest BCUT2D eigenvalue weighted by Crippen LogP contribution is 2.30. The van der Waals surface area contributed by atoms with E-state index in [-0.39, 0.29) is 11.8 Å². The van der Waals surface area contributed by atoms with Gasteiger partial charge in [-0.1, -0.05) is 36.4 Å². The Hall–Kier alpha value is -3.14. The van der Waals surface area contributed by atoms with E-state index in [4.69, 9.17) is 4.74 Å². The van der Waals surface area contributed by atoms with Crippen molar-refractivity contribution in [1.82, 2.24) is 0 Å². The van der Waals surface area contributed by atoms with Crippen LogP contribution in [-0.4, -0.2) is 13.1 Å². The quantitative estimate of drug-likeness (QED) is 0.384. The molecule has 3 aromatic rings. The summed E-state index contributed by atoms with van der Waals surface area (Å²) >= 11 is 0. The Morgan fingerprint density at radius 2 is 1.72 bits per heavy atom. The predicted molar refractivity (Wildman–Crippen MR) is 124 cm³/mol. The van der Waals surface area contributed by atoms with Crippen molar-refractivity contribution in [3.63, 3.8) is 0 Å². The van der Waals surface area contributed by atoms with E-state index in [1.54, 1.807) is 6.07 Å². The van der Waals surface area contributed by atoms with Crippen molar-refractivity contribution >= 4 is 5.97 Å². The molecule has 0 fully saturated rings. The molecule has 0 aliphatic heterocycles. The number of esters is 1. The Morgan fingerprint density at radius 3 is 2.50 bits per heavy atom. The highest BCUT2D eigenvalue weighted by Gasteiger charge is 2.13. The normalized spacial score (nSPS) is 12.8. The van der Waals surface area contributed by atoms with Gasteiger partial charge in [-0.2, -0.15) is 0 Å². The molecule has 32 heavy (non-hydrogen) atoms. The number of fused-ring (bicyclic) bond motifs is 1. The number of methoxy groups -OCH3 is 1. The Balaban J connectivity index is 1.43. The number of halogens is 1. The topological polar surface area (TPSA) is 35.5 Å². The molecule has 4 rings (SSSR count).